The lowest BCUT2D eigenvalue weighted by molar-refractivity contribution is -0.271. The Bertz CT molecular complexity index is 3460. The number of carbonyl (C=O) groups excluding carboxylic acids is 7. The van der Waals surface area contributed by atoms with Gasteiger partial charge in [-0.2, -0.15) is 0 Å². The number of oxime groups is 1. The van der Waals surface area contributed by atoms with E-state index >= 15 is 0 Å². The number of anilines is 1. The number of methoxy groups -OCH3 is 1. The molecule has 123 heavy (non-hydrogen) atoms. The van der Waals surface area contributed by atoms with Gasteiger partial charge in [-0.1, -0.05) is 84.8 Å². The molecule has 1 saturated heterocycles. The van der Waals surface area contributed by atoms with E-state index < -0.39 is 126 Å². The number of hydrogen-bond donors (Lipinski definition) is 12. The number of carboxylic acid groups (broad SMARTS) is 2. The minimum absolute atomic E-state index is 0.0188. The first kappa shape index (κ1) is 109. The highest BCUT2D eigenvalue weighted by atomic mass is 16.7. The number of rotatable bonds is 69. The summed E-state index contributed by atoms with van der Waals surface area (Å²) >= 11 is 0. The first-order valence-corrected chi connectivity index (χ1v) is 41.8. The predicted octanol–water partition coefficient (Wildman–Crippen LogP) is 2.92. The highest BCUT2D eigenvalue weighted by Gasteiger charge is 2.49. The molecule has 700 valence electrons. The molecule has 3 rings (SSSR count). The zero-order chi connectivity index (χ0) is 91.0. The van der Waals surface area contributed by atoms with E-state index in [9.17, 15) is 68.7 Å². The van der Waals surface area contributed by atoms with E-state index in [2.05, 4.69) is 42.4 Å². The molecule has 2 aromatic rings. The third-order valence-corrected chi connectivity index (χ3v) is 19.1. The van der Waals surface area contributed by atoms with Crippen molar-refractivity contribution >= 4 is 64.9 Å². The molecule has 0 saturated carbocycles. The number of aliphatic hydroxyl groups excluding tert-OH is 3. The van der Waals surface area contributed by atoms with Crippen LogP contribution in [0, 0.1) is 11.3 Å². The molecule has 39 heteroatoms. The van der Waals surface area contributed by atoms with Crippen LogP contribution in [0.4, 0.5) is 10.5 Å². The maximum atomic E-state index is 14.4. The number of nitrogens with one attached hydrogen (secondary N) is 7. The molecule has 0 radical (unpaired) electrons. The monoisotopic (exact) mass is 1750 g/mol. The average molecular weight is 1760 g/mol. The fourth-order valence-corrected chi connectivity index (χ4v) is 11.8. The Labute approximate surface area is 722 Å². The number of aliphatic hydroxyl groups is 3. The third kappa shape index (κ3) is 45.5. The lowest BCUT2D eigenvalue weighted by Crippen LogP contribution is -2.61. The second-order valence-electron chi connectivity index (χ2n) is 30.7. The van der Waals surface area contributed by atoms with E-state index in [1.54, 1.807) is 45.5 Å². The summed E-state index contributed by atoms with van der Waals surface area (Å²) in [5, 5.41) is 74.7. The fraction of sp³-hybridized carbons (Fsp3) is 0.714. The van der Waals surface area contributed by atoms with Crippen molar-refractivity contribution in [3.63, 3.8) is 0 Å². The quantitative estimate of drug-likeness (QED) is 0.0196. The number of aliphatic carboxylic acids is 2. The molecule has 12 N–H and O–H groups in total. The van der Waals surface area contributed by atoms with E-state index in [1.165, 1.54) is 36.1 Å². The smallest absolute Gasteiger partial charge is 0.411 e. The number of likely N-dealkylation sites (N-methyl/N-ethyl adjacent to an activating group) is 2. The predicted molar refractivity (Wildman–Crippen MR) is 449 cm³/mol. The normalized spacial score (nSPS) is 16.7. The summed E-state index contributed by atoms with van der Waals surface area (Å²) in [5.41, 5.74) is 0.453. The lowest BCUT2D eigenvalue weighted by atomic mass is 9.76. The standard InChI is InChI=1S/C84H139N9O30/c1-14-59(5)92-121-27-17-15-16-21-69(96)90-64(55-88-68(95)25-28-109-31-32-111-35-36-113-39-40-115-43-44-117-47-48-119-50-49-118-46-45-116-42-41-114-38-37-112-34-33-110-30-29-108-13)76(100)86-26-24-67(94)87-54-61-52-60(22-23-66(61)122-81-72(99)70(97)71(98)73(123-81)80(105)106)56-120-82(107)89-63-20-18-19-62(53-63)84(9,10)74(85-11)77(101)91-75(83(6,7)8)78(102)93(12)65(57(2)3)51-58(4)79(103)104/h18-20,22-23,51-53,57,64-65,70-75,81,85,97-99H,14-17,21,24-50,54-56H2,1-13H3,(H,86,100)(H,87,94)(H,88,95)(H,89,107)(H,90,96)(H,91,101)(H,103,104)(H,105,106)/b58-51+,92-59+/t64-,65+,70-,71-,72+,73-,74+,75+,81+/m0/s1. The summed E-state index contributed by atoms with van der Waals surface area (Å²) in [6.45, 7) is 26.2. The van der Waals surface area contributed by atoms with Crippen LogP contribution in [0.2, 0.25) is 0 Å². The van der Waals surface area contributed by atoms with Gasteiger partial charge in [0.15, 0.2) is 6.10 Å². The van der Waals surface area contributed by atoms with Crippen molar-refractivity contribution in [2.45, 2.75) is 188 Å². The molecule has 0 bridgehead atoms. The number of unbranched alkanes of at least 4 members (excludes halogenated alkanes) is 2. The molecule has 1 fully saturated rings. The van der Waals surface area contributed by atoms with Gasteiger partial charge in [0.25, 0.3) is 0 Å². The number of hydrogen-bond acceptors (Lipinski definition) is 30. The van der Waals surface area contributed by atoms with Crippen molar-refractivity contribution in [2.75, 3.05) is 198 Å². The Hall–Kier alpha value is -8.20. The van der Waals surface area contributed by atoms with Crippen LogP contribution in [0.1, 0.15) is 131 Å². The summed E-state index contributed by atoms with van der Waals surface area (Å²) < 4.78 is 82.4. The van der Waals surface area contributed by atoms with Crippen LogP contribution in [0.5, 0.6) is 5.75 Å². The Balaban J connectivity index is 1.52. The van der Waals surface area contributed by atoms with E-state index in [-0.39, 0.29) is 87.2 Å². The second kappa shape index (κ2) is 62.8. The van der Waals surface area contributed by atoms with Gasteiger partial charge in [0.2, 0.25) is 41.7 Å². The topological polar surface area (TPSA) is 502 Å². The molecule has 0 spiro atoms. The van der Waals surface area contributed by atoms with E-state index in [4.69, 9.17) is 75.9 Å². The van der Waals surface area contributed by atoms with Crippen molar-refractivity contribution in [2.24, 2.45) is 16.5 Å². The number of carboxylic acids is 2. The molecule has 0 unspecified atom stereocenters. The van der Waals surface area contributed by atoms with Crippen molar-refractivity contribution in [3.05, 3.63) is 70.8 Å². The third-order valence-electron chi connectivity index (χ3n) is 19.1. The van der Waals surface area contributed by atoms with E-state index in [0.717, 1.165) is 12.1 Å². The Morgan fingerprint density at radius 2 is 1.11 bits per heavy atom. The maximum absolute atomic E-state index is 14.4. The Morgan fingerprint density at radius 3 is 1.61 bits per heavy atom. The Morgan fingerprint density at radius 1 is 0.585 bits per heavy atom. The van der Waals surface area contributed by atoms with Gasteiger partial charge in [0.1, 0.15) is 49.4 Å². The molecule has 9 atom stereocenters. The van der Waals surface area contributed by atoms with Crippen molar-refractivity contribution in [1.29, 1.82) is 0 Å². The first-order chi connectivity index (χ1) is 58.8. The van der Waals surface area contributed by atoms with Crippen LogP contribution < -0.4 is 42.0 Å². The number of ether oxygens (including phenoxy) is 15. The highest BCUT2D eigenvalue weighted by molar-refractivity contribution is 5.92. The van der Waals surface area contributed by atoms with Gasteiger partial charge in [-0.3, -0.25) is 34.1 Å². The lowest BCUT2D eigenvalue weighted by Gasteiger charge is -2.40. The van der Waals surface area contributed by atoms with Gasteiger partial charge >= 0.3 is 18.0 Å². The van der Waals surface area contributed by atoms with E-state index in [1.807, 2.05) is 62.3 Å². The molecular formula is C84H139N9O30. The van der Waals surface area contributed by atoms with Crippen LogP contribution >= 0.6 is 0 Å². The summed E-state index contributed by atoms with van der Waals surface area (Å²) in [6.07, 6.45) is -7.25. The largest absolute Gasteiger partial charge is 0.479 e. The van der Waals surface area contributed by atoms with Gasteiger partial charge in [-0.15, -0.1) is 0 Å². The fourth-order valence-electron chi connectivity index (χ4n) is 11.8. The Kier molecular flexibility index (Phi) is 55.7. The number of amides is 7. The van der Waals surface area contributed by atoms with Gasteiger partial charge in [-0.05, 0) is 93.3 Å². The number of nitrogens with zero attached hydrogens (tertiary/aromatic N) is 2. The van der Waals surface area contributed by atoms with Crippen LogP contribution in [-0.4, -0.2) is 337 Å². The molecule has 1 heterocycles. The van der Waals surface area contributed by atoms with Crippen molar-refractivity contribution in [3.8, 4) is 5.75 Å². The van der Waals surface area contributed by atoms with Crippen LogP contribution in [0.15, 0.2) is 59.3 Å². The molecule has 7 amide bonds. The van der Waals surface area contributed by atoms with Crippen LogP contribution in [0.3, 0.4) is 0 Å². The first-order valence-electron chi connectivity index (χ1n) is 41.8. The number of carbonyl (C=O) groups is 9. The molecule has 0 aliphatic carbocycles. The van der Waals surface area contributed by atoms with Gasteiger partial charge in [-0.25, -0.2) is 14.4 Å². The zero-order valence-electron chi connectivity index (χ0n) is 74.0. The average Bonchev–Trinajstić information content (AvgIpc) is 0.799. The minimum atomic E-state index is -2.03. The summed E-state index contributed by atoms with van der Waals surface area (Å²) in [6, 6.07) is 7.08. The van der Waals surface area contributed by atoms with Crippen LogP contribution in [0.25, 0.3) is 0 Å². The minimum Gasteiger partial charge on any atom is -0.479 e. The maximum Gasteiger partial charge on any atom is 0.411 e. The van der Waals surface area contributed by atoms with E-state index in [0.29, 0.717) is 169 Å². The molecule has 1 aliphatic rings. The van der Waals surface area contributed by atoms with Crippen LogP contribution in [-0.2, 0) is 128 Å². The van der Waals surface area contributed by atoms with Crippen molar-refractivity contribution in [1.82, 2.24) is 36.8 Å². The summed E-state index contributed by atoms with van der Waals surface area (Å²) in [5.74, 6) is -6.29. The zero-order valence-corrected chi connectivity index (χ0v) is 74.0. The van der Waals surface area contributed by atoms with Crippen molar-refractivity contribution < 1.29 is 145 Å². The molecule has 0 aromatic heterocycles. The van der Waals surface area contributed by atoms with Gasteiger partial charge in [0.05, 0.1) is 170 Å². The molecule has 39 nitrogen and oxygen atoms in total. The molecule has 1 aliphatic heterocycles. The molecular weight excluding hydrogens is 1610 g/mol. The van der Waals surface area contributed by atoms with Gasteiger partial charge in [0, 0.05) is 75.3 Å². The molecule has 2 aromatic carbocycles. The second-order valence-corrected chi connectivity index (χ2v) is 30.7. The number of benzene rings is 2. The van der Waals surface area contributed by atoms with Gasteiger partial charge < -0.3 is 138 Å². The summed E-state index contributed by atoms with van der Waals surface area (Å²) in [4.78, 5) is 126. The summed E-state index contributed by atoms with van der Waals surface area (Å²) in [7, 11) is 4.80. The SMILES string of the molecule is CC/C(C)=N/OCCCCCC(=O)N[C@@H](CNC(=O)CCOCCOCCOCCOCCOCCOCCOCCOCCOCCOCCOCCOC)C(=O)NCCC(=O)NCc1cc(COC(=O)Nc2cccc(C(C)(C)[C@H](NC)C(=O)N[C@H](C(=O)N(C)[C@H](/C=C(\C)C(=O)O)C(C)C)C(C)(C)C)c2)ccc1O[C@@H]1O[C@H](C(=O)O)[C@@H](O)[C@H](O)[C@H]1O. The highest BCUT2D eigenvalue weighted by Crippen LogP contribution is 2.32.